The van der Waals surface area contributed by atoms with Crippen LogP contribution in [0.25, 0.3) is 103 Å². The summed E-state index contributed by atoms with van der Waals surface area (Å²) in [7, 11) is 0. The molecule has 0 aliphatic carbocycles. The van der Waals surface area contributed by atoms with Crippen molar-refractivity contribution in [1.82, 2.24) is 14.5 Å². The number of nitrogens with zero attached hydrogens (tertiary/aromatic N) is 3. The van der Waals surface area contributed by atoms with Crippen LogP contribution in [0.2, 0.25) is 0 Å². The minimum absolute atomic E-state index is 0.666. The highest BCUT2D eigenvalue weighted by atomic mass is 32.1. The molecule has 4 heteroatoms. The number of hydrogen-bond acceptors (Lipinski definition) is 3. The first-order chi connectivity index (χ1) is 25.8. The zero-order valence-corrected chi connectivity index (χ0v) is 28.8. The predicted octanol–water partition coefficient (Wildman–Crippen LogP) is 13.2. The highest BCUT2D eigenvalue weighted by Gasteiger charge is 2.19. The molecule has 8 aromatic carbocycles. The Morgan fingerprint density at radius 3 is 2.00 bits per heavy atom. The predicted molar refractivity (Wildman–Crippen MR) is 221 cm³/mol. The summed E-state index contributed by atoms with van der Waals surface area (Å²) in [5.74, 6) is 0.666. The van der Waals surface area contributed by atoms with Gasteiger partial charge < -0.3 is 0 Å². The highest BCUT2D eigenvalue weighted by Crippen LogP contribution is 2.42. The maximum absolute atomic E-state index is 5.35. The number of thiophene rings is 1. The van der Waals surface area contributed by atoms with Crippen molar-refractivity contribution in [3.8, 4) is 39.5 Å². The number of rotatable bonds is 4. The van der Waals surface area contributed by atoms with Crippen molar-refractivity contribution in [2.45, 2.75) is 0 Å². The van der Waals surface area contributed by atoms with Crippen LogP contribution >= 0.6 is 11.3 Å². The molecular weight excluding hydrogens is 651 g/mol. The lowest BCUT2D eigenvalue weighted by Crippen LogP contribution is -2.03. The first kappa shape index (κ1) is 29.1. The van der Waals surface area contributed by atoms with E-state index in [2.05, 4.69) is 180 Å². The van der Waals surface area contributed by atoms with Gasteiger partial charge in [-0.2, -0.15) is 0 Å². The van der Waals surface area contributed by atoms with Crippen molar-refractivity contribution in [3.05, 3.63) is 176 Å². The molecular formula is C48H29N3S. The van der Waals surface area contributed by atoms with Crippen LogP contribution in [0.15, 0.2) is 176 Å². The summed E-state index contributed by atoms with van der Waals surface area (Å²) < 4.78 is 4.90. The van der Waals surface area contributed by atoms with Gasteiger partial charge >= 0.3 is 0 Å². The second-order valence-corrected chi connectivity index (χ2v) is 14.4. The number of benzene rings is 8. The van der Waals surface area contributed by atoms with E-state index in [1.54, 1.807) is 0 Å². The third kappa shape index (κ3) is 4.45. The van der Waals surface area contributed by atoms with Gasteiger partial charge in [0.1, 0.15) is 0 Å². The third-order valence-electron chi connectivity index (χ3n) is 10.4. The first-order valence-corrected chi connectivity index (χ1v) is 18.4. The zero-order chi connectivity index (χ0) is 34.2. The van der Waals surface area contributed by atoms with Gasteiger partial charge in [0.25, 0.3) is 0 Å². The Morgan fingerprint density at radius 1 is 0.423 bits per heavy atom. The average Bonchev–Trinajstić information content (AvgIpc) is 3.77. The fourth-order valence-corrected chi connectivity index (χ4v) is 9.23. The van der Waals surface area contributed by atoms with E-state index in [-0.39, 0.29) is 0 Å². The van der Waals surface area contributed by atoms with Crippen LogP contribution in [0.1, 0.15) is 0 Å². The van der Waals surface area contributed by atoms with Gasteiger partial charge in [-0.05, 0) is 63.4 Å². The summed E-state index contributed by atoms with van der Waals surface area (Å²) in [6.45, 7) is 0. The highest BCUT2D eigenvalue weighted by molar-refractivity contribution is 7.26. The first-order valence-electron chi connectivity index (χ1n) is 17.6. The number of para-hydroxylation sites is 2. The molecule has 0 aliphatic heterocycles. The minimum atomic E-state index is 0.666. The summed E-state index contributed by atoms with van der Waals surface area (Å²) in [5.41, 5.74) is 9.97. The van der Waals surface area contributed by atoms with Crippen molar-refractivity contribution in [1.29, 1.82) is 0 Å². The molecule has 0 unspecified atom stereocenters. The minimum Gasteiger partial charge on any atom is -0.278 e. The third-order valence-corrected chi connectivity index (χ3v) is 11.6. The number of hydrogen-bond donors (Lipinski definition) is 0. The molecule has 3 heterocycles. The van der Waals surface area contributed by atoms with Crippen LogP contribution < -0.4 is 0 Å². The van der Waals surface area contributed by atoms with Gasteiger partial charge in [0.15, 0.2) is 0 Å². The van der Waals surface area contributed by atoms with Gasteiger partial charge in [0.05, 0.1) is 22.2 Å². The van der Waals surface area contributed by atoms with Crippen molar-refractivity contribution in [2.24, 2.45) is 0 Å². The van der Waals surface area contributed by atoms with Crippen LogP contribution in [-0.2, 0) is 0 Å². The SMILES string of the molecule is c1ccc(-c2ccc(-c3nc(-n4c5ccccc5c5c6ccc(-c7cccc8c7sc7ccccc78)cc6ccc54)nc4ccccc34)cc2)cc1. The monoisotopic (exact) mass is 679 g/mol. The Bertz CT molecular complexity index is 3170. The molecule has 0 saturated carbocycles. The van der Waals surface area contributed by atoms with E-state index >= 15 is 0 Å². The molecule has 0 spiro atoms. The van der Waals surface area contributed by atoms with E-state index in [1.165, 1.54) is 64.0 Å². The Kier molecular flexibility index (Phi) is 6.42. The van der Waals surface area contributed by atoms with Gasteiger partial charge in [0, 0.05) is 41.9 Å². The molecule has 11 rings (SSSR count). The molecule has 0 fully saturated rings. The molecule has 0 saturated heterocycles. The topological polar surface area (TPSA) is 30.7 Å². The summed E-state index contributed by atoms with van der Waals surface area (Å²) in [6.07, 6.45) is 0. The van der Waals surface area contributed by atoms with Crippen molar-refractivity contribution >= 4 is 75.0 Å². The largest absolute Gasteiger partial charge is 0.278 e. The molecule has 0 bridgehead atoms. The lowest BCUT2D eigenvalue weighted by atomic mass is 9.97. The van der Waals surface area contributed by atoms with Crippen LogP contribution in [-0.4, -0.2) is 14.5 Å². The molecule has 0 amide bonds. The number of aromatic nitrogens is 3. The molecule has 0 radical (unpaired) electrons. The Labute approximate surface area is 303 Å². The van der Waals surface area contributed by atoms with E-state index in [1.807, 2.05) is 11.3 Å². The van der Waals surface area contributed by atoms with E-state index in [4.69, 9.17) is 9.97 Å². The van der Waals surface area contributed by atoms with Crippen molar-refractivity contribution in [2.75, 3.05) is 0 Å². The van der Waals surface area contributed by atoms with E-state index in [9.17, 15) is 0 Å². The summed E-state index contributed by atoms with van der Waals surface area (Å²) in [4.78, 5) is 10.6. The maximum Gasteiger partial charge on any atom is 0.235 e. The van der Waals surface area contributed by atoms with Gasteiger partial charge in [-0.25, -0.2) is 9.97 Å². The molecule has 11 aromatic rings. The van der Waals surface area contributed by atoms with Crippen LogP contribution in [0.3, 0.4) is 0 Å². The maximum atomic E-state index is 5.35. The molecule has 3 aromatic heterocycles. The van der Waals surface area contributed by atoms with Crippen LogP contribution in [0.5, 0.6) is 0 Å². The van der Waals surface area contributed by atoms with Gasteiger partial charge in [0.2, 0.25) is 5.95 Å². The summed E-state index contributed by atoms with van der Waals surface area (Å²) >= 11 is 1.88. The fourth-order valence-electron chi connectivity index (χ4n) is 7.99. The van der Waals surface area contributed by atoms with Gasteiger partial charge in [-0.3, -0.25) is 4.57 Å². The Hall–Kier alpha value is -6.62. The summed E-state index contributed by atoms with van der Waals surface area (Å²) in [6, 6.07) is 63.0. The molecule has 0 aliphatic rings. The standard InChI is InChI=1S/C48H29N3S/c1-2-11-30(12-3-1)31-21-23-32(24-22-31)46-39-14-4-7-18-41(39)49-48(50-46)51-42-19-8-5-15-40(42)45-35-27-25-34(29-33(35)26-28-43(45)51)36-16-10-17-38-37-13-6-9-20-44(37)52-47(36)38/h1-29H. The van der Waals surface area contributed by atoms with E-state index < -0.39 is 0 Å². The van der Waals surface area contributed by atoms with Crippen molar-refractivity contribution in [3.63, 3.8) is 0 Å². The fraction of sp³-hybridized carbons (Fsp3) is 0. The van der Waals surface area contributed by atoms with Crippen LogP contribution in [0.4, 0.5) is 0 Å². The Morgan fingerprint density at radius 2 is 1.12 bits per heavy atom. The second kappa shape index (κ2) is 11.5. The zero-order valence-electron chi connectivity index (χ0n) is 28.0. The van der Waals surface area contributed by atoms with Gasteiger partial charge in [-0.15, -0.1) is 11.3 Å². The van der Waals surface area contributed by atoms with Crippen molar-refractivity contribution < 1.29 is 0 Å². The average molecular weight is 680 g/mol. The van der Waals surface area contributed by atoms with E-state index in [0.29, 0.717) is 5.95 Å². The van der Waals surface area contributed by atoms with Gasteiger partial charge in [-0.1, -0.05) is 146 Å². The summed E-state index contributed by atoms with van der Waals surface area (Å²) in [5, 5.41) is 8.51. The number of fused-ring (bicyclic) bond motifs is 9. The quantitative estimate of drug-likeness (QED) is 0.185. The second-order valence-electron chi connectivity index (χ2n) is 13.4. The Balaban J connectivity index is 1.10. The molecule has 242 valence electrons. The molecule has 52 heavy (non-hydrogen) atoms. The lowest BCUT2D eigenvalue weighted by molar-refractivity contribution is 1.01. The smallest absolute Gasteiger partial charge is 0.235 e. The normalized spacial score (nSPS) is 11.8. The molecule has 3 nitrogen and oxygen atoms in total. The molecule has 0 atom stereocenters. The van der Waals surface area contributed by atoms with E-state index in [0.717, 1.165) is 33.2 Å². The molecule has 0 N–H and O–H groups in total. The van der Waals surface area contributed by atoms with Crippen LogP contribution in [0, 0.1) is 0 Å². The lowest BCUT2D eigenvalue weighted by Gasteiger charge is -2.12.